The highest BCUT2D eigenvalue weighted by atomic mass is 16.4. The Hall–Kier alpha value is -1.87. The predicted molar refractivity (Wildman–Crippen MR) is 98.2 cm³/mol. The van der Waals surface area contributed by atoms with Gasteiger partial charge in [-0.15, -0.1) is 0 Å². The molecule has 0 bridgehead atoms. The number of carbonyl (C=O) groups is 1. The Morgan fingerprint density at radius 1 is 0.917 bits per heavy atom. The van der Waals surface area contributed by atoms with E-state index in [2.05, 4.69) is 55.1 Å². The second kappa shape index (κ2) is 12.5. The van der Waals surface area contributed by atoms with Crippen molar-refractivity contribution in [2.24, 2.45) is 0 Å². The second-order valence-corrected chi connectivity index (χ2v) is 6.13. The molecule has 0 aliphatic heterocycles. The molecular formula is C21H31NO2. The summed E-state index contributed by atoms with van der Waals surface area (Å²) in [5.41, 5.74) is 5.23. The minimum atomic E-state index is -0.913. The van der Waals surface area contributed by atoms with E-state index in [-0.39, 0.29) is 6.42 Å². The van der Waals surface area contributed by atoms with Gasteiger partial charge in [0.2, 0.25) is 0 Å². The average Bonchev–Trinajstić information content (AvgIpc) is 2.61. The van der Waals surface area contributed by atoms with Gasteiger partial charge in [0.1, 0.15) is 6.54 Å². The van der Waals surface area contributed by atoms with Crippen molar-refractivity contribution in [2.45, 2.75) is 64.8 Å². The quantitative estimate of drug-likeness (QED) is 0.716. The van der Waals surface area contributed by atoms with Crippen LogP contribution in [0, 0.1) is 0 Å². The minimum absolute atomic E-state index is 0.230. The maximum Gasteiger partial charge on any atom is 0.100 e. The van der Waals surface area contributed by atoms with Gasteiger partial charge in [-0.25, -0.2) is 0 Å². The Labute approximate surface area is 145 Å². The molecule has 0 unspecified atom stereocenters. The van der Waals surface area contributed by atoms with Crippen molar-refractivity contribution in [1.82, 2.24) is 0 Å². The monoisotopic (exact) mass is 329 g/mol. The van der Waals surface area contributed by atoms with Crippen LogP contribution in [0.25, 0.3) is 10.8 Å². The molecule has 0 fully saturated rings. The Balaban J connectivity index is 0.000000240. The number of quaternary nitrogens is 1. The summed E-state index contributed by atoms with van der Waals surface area (Å²) in [5.74, 6) is -0.913. The number of benzene rings is 2. The van der Waals surface area contributed by atoms with Crippen LogP contribution >= 0.6 is 0 Å². The summed E-state index contributed by atoms with van der Waals surface area (Å²) >= 11 is 0. The lowest BCUT2D eigenvalue weighted by Gasteiger charge is -2.01. The van der Waals surface area contributed by atoms with Crippen LogP contribution in [0.3, 0.4) is 0 Å². The Morgan fingerprint density at radius 2 is 1.54 bits per heavy atom. The van der Waals surface area contributed by atoms with E-state index >= 15 is 0 Å². The van der Waals surface area contributed by atoms with Gasteiger partial charge in [-0.05, 0) is 23.6 Å². The van der Waals surface area contributed by atoms with Gasteiger partial charge >= 0.3 is 0 Å². The molecule has 2 aromatic carbocycles. The number of aliphatic carboxylic acids is 1. The smallest absolute Gasteiger partial charge is 0.100 e. The van der Waals surface area contributed by atoms with E-state index in [1.54, 1.807) is 0 Å². The van der Waals surface area contributed by atoms with Crippen LogP contribution in [0.5, 0.6) is 0 Å². The molecule has 0 atom stereocenters. The highest BCUT2D eigenvalue weighted by Crippen LogP contribution is 2.17. The Kier molecular flexibility index (Phi) is 10.5. The predicted octanol–water partition coefficient (Wildman–Crippen LogP) is 3.46. The molecule has 0 saturated carbocycles. The van der Waals surface area contributed by atoms with Crippen LogP contribution in [-0.4, -0.2) is 5.97 Å². The maximum atomic E-state index is 10.0. The van der Waals surface area contributed by atoms with Crippen LogP contribution in [0.4, 0.5) is 0 Å². The zero-order valence-electron chi connectivity index (χ0n) is 14.9. The van der Waals surface area contributed by atoms with Crippen LogP contribution in [0.1, 0.15) is 63.9 Å². The number of hydrogen-bond donors (Lipinski definition) is 1. The molecule has 3 nitrogen and oxygen atoms in total. The molecule has 0 aliphatic carbocycles. The third kappa shape index (κ3) is 8.11. The van der Waals surface area contributed by atoms with Gasteiger partial charge in [-0.1, -0.05) is 87.9 Å². The van der Waals surface area contributed by atoms with Gasteiger partial charge in [-0.2, -0.15) is 0 Å². The molecule has 2 aromatic rings. The Bertz CT molecular complexity index is 590. The van der Waals surface area contributed by atoms with Crippen molar-refractivity contribution >= 4 is 16.7 Å². The van der Waals surface area contributed by atoms with E-state index in [4.69, 9.17) is 0 Å². The van der Waals surface area contributed by atoms with E-state index in [9.17, 15) is 9.90 Å². The molecular weight excluding hydrogens is 298 g/mol. The minimum Gasteiger partial charge on any atom is -0.550 e. The lowest BCUT2D eigenvalue weighted by atomic mass is 10.1. The number of hydrogen-bond acceptors (Lipinski definition) is 2. The number of fused-ring (bicyclic) bond motifs is 1. The van der Waals surface area contributed by atoms with E-state index in [1.807, 2.05) is 0 Å². The summed E-state index contributed by atoms with van der Waals surface area (Å²) < 4.78 is 0. The first-order valence-electron chi connectivity index (χ1n) is 9.14. The van der Waals surface area contributed by atoms with Crippen LogP contribution in [0.15, 0.2) is 42.5 Å². The zero-order valence-corrected chi connectivity index (χ0v) is 14.9. The SMILES string of the molecule is CCCCCCCCCC(=O)[O-].[NH3+]Cc1cccc2ccccc12. The number of carboxylic acid groups (broad SMARTS) is 1. The largest absolute Gasteiger partial charge is 0.550 e. The first-order chi connectivity index (χ1) is 11.7. The first-order valence-corrected chi connectivity index (χ1v) is 9.14. The highest BCUT2D eigenvalue weighted by Gasteiger charge is 1.97. The van der Waals surface area contributed by atoms with E-state index in [0.29, 0.717) is 0 Å². The van der Waals surface area contributed by atoms with Gasteiger partial charge in [0.25, 0.3) is 0 Å². The average molecular weight is 329 g/mol. The van der Waals surface area contributed by atoms with Crippen LogP contribution in [-0.2, 0) is 11.3 Å². The lowest BCUT2D eigenvalue weighted by molar-refractivity contribution is -0.386. The fraction of sp³-hybridized carbons (Fsp3) is 0.476. The molecule has 2 rings (SSSR count). The van der Waals surface area contributed by atoms with E-state index < -0.39 is 5.97 Å². The van der Waals surface area contributed by atoms with Crippen molar-refractivity contribution < 1.29 is 15.6 Å². The van der Waals surface area contributed by atoms with E-state index in [1.165, 1.54) is 48.4 Å². The van der Waals surface area contributed by atoms with Gasteiger partial charge in [-0.3, -0.25) is 0 Å². The first kappa shape index (κ1) is 20.2. The molecule has 3 N–H and O–H groups in total. The van der Waals surface area contributed by atoms with Crippen molar-refractivity contribution in [3.05, 3.63) is 48.0 Å². The summed E-state index contributed by atoms with van der Waals surface area (Å²) in [6.45, 7) is 3.05. The number of carboxylic acids is 1. The summed E-state index contributed by atoms with van der Waals surface area (Å²) in [6, 6.07) is 14.8. The number of carbonyl (C=O) groups excluding carboxylic acids is 1. The maximum absolute atomic E-state index is 10.0. The highest BCUT2D eigenvalue weighted by molar-refractivity contribution is 5.85. The van der Waals surface area contributed by atoms with E-state index in [0.717, 1.165) is 19.4 Å². The molecule has 0 heterocycles. The molecule has 0 amide bonds. The fourth-order valence-corrected chi connectivity index (χ4v) is 2.74. The molecule has 0 radical (unpaired) electrons. The topological polar surface area (TPSA) is 67.8 Å². The summed E-state index contributed by atoms with van der Waals surface area (Å²) in [4.78, 5) is 10.0. The zero-order chi connectivity index (χ0) is 17.6. The molecule has 0 saturated heterocycles. The molecule has 0 spiro atoms. The molecule has 24 heavy (non-hydrogen) atoms. The van der Waals surface area contributed by atoms with Crippen molar-refractivity contribution in [2.75, 3.05) is 0 Å². The third-order valence-corrected chi connectivity index (χ3v) is 4.13. The van der Waals surface area contributed by atoms with Gasteiger partial charge in [0, 0.05) is 11.5 Å². The van der Waals surface area contributed by atoms with Gasteiger partial charge in [0.15, 0.2) is 0 Å². The molecule has 132 valence electrons. The Morgan fingerprint density at radius 3 is 2.21 bits per heavy atom. The van der Waals surface area contributed by atoms with Crippen LogP contribution < -0.4 is 10.8 Å². The number of rotatable bonds is 9. The third-order valence-electron chi connectivity index (χ3n) is 4.13. The van der Waals surface area contributed by atoms with Crippen molar-refractivity contribution in [3.63, 3.8) is 0 Å². The number of unbranched alkanes of at least 4 members (excludes halogenated alkanes) is 6. The molecule has 0 aromatic heterocycles. The fourth-order valence-electron chi connectivity index (χ4n) is 2.74. The van der Waals surface area contributed by atoms with Crippen LogP contribution in [0.2, 0.25) is 0 Å². The second-order valence-electron chi connectivity index (χ2n) is 6.13. The molecule has 0 aliphatic rings. The van der Waals surface area contributed by atoms with Crippen molar-refractivity contribution in [3.8, 4) is 0 Å². The standard InChI is InChI=1S/C11H11N.C10H20O2/c12-8-10-6-3-5-9-4-1-2-7-11(9)10;1-2-3-4-5-6-7-8-9-10(11)12/h1-7H,8,12H2;2-9H2,1H3,(H,11,12). The van der Waals surface area contributed by atoms with Gasteiger partial charge < -0.3 is 15.6 Å². The summed E-state index contributed by atoms with van der Waals surface area (Å²) in [7, 11) is 0. The summed E-state index contributed by atoms with van der Waals surface area (Å²) in [6.07, 6.45) is 8.34. The van der Waals surface area contributed by atoms with Gasteiger partial charge in [0.05, 0.1) is 0 Å². The van der Waals surface area contributed by atoms with Crippen molar-refractivity contribution in [1.29, 1.82) is 0 Å². The molecule has 3 heteroatoms. The normalized spacial score (nSPS) is 10.2. The lowest BCUT2D eigenvalue weighted by Crippen LogP contribution is -2.47. The summed E-state index contributed by atoms with van der Waals surface area (Å²) in [5, 5.41) is 12.7.